The Morgan fingerprint density at radius 1 is 1.17 bits per heavy atom. The largest absolute Gasteiger partial charge is 0.494 e. The number of anilines is 1. The third-order valence-electron chi connectivity index (χ3n) is 3.92. The Hall–Kier alpha value is -2.44. The minimum atomic E-state index is -0.355. The number of carbonyl (C=O) groups is 1. The van der Waals surface area contributed by atoms with Crippen LogP contribution < -0.4 is 20.9 Å². The van der Waals surface area contributed by atoms with Gasteiger partial charge in [-0.05, 0) is 55.3 Å². The van der Waals surface area contributed by atoms with Crippen molar-refractivity contribution in [3.05, 3.63) is 59.9 Å². The first-order chi connectivity index (χ1) is 11.7. The number of carbonyl (C=O) groups excluding carboxylic acids is 1. The molecule has 2 aromatic carbocycles. The fourth-order valence-electron chi connectivity index (χ4n) is 2.67. The molecule has 0 aromatic heterocycles. The second-order valence-corrected chi connectivity index (χ2v) is 5.63. The predicted molar refractivity (Wildman–Crippen MR) is 90.1 cm³/mol. The van der Waals surface area contributed by atoms with Crippen LogP contribution in [-0.2, 0) is 4.79 Å². The first-order valence-electron chi connectivity index (χ1n) is 7.96. The average Bonchev–Trinajstić information content (AvgIpc) is 3.08. The highest BCUT2D eigenvalue weighted by atomic mass is 19.1. The molecule has 0 aliphatic carbocycles. The molecule has 2 aromatic rings. The van der Waals surface area contributed by atoms with Gasteiger partial charge in [0.05, 0.1) is 6.61 Å². The molecule has 6 heteroatoms. The number of hydrogen-bond acceptors (Lipinski definition) is 4. The molecule has 1 aliphatic heterocycles. The number of ether oxygens (including phenoxy) is 1. The summed E-state index contributed by atoms with van der Waals surface area (Å²) in [6.45, 7) is 2.53. The molecule has 3 rings (SSSR count). The molecule has 1 saturated heterocycles. The minimum absolute atomic E-state index is 0.0262. The molecule has 0 radical (unpaired) electrons. The van der Waals surface area contributed by atoms with E-state index in [0.717, 1.165) is 17.0 Å². The van der Waals surface area contributed by atoms with Crippen LogP contribution in [0.4, 0.5) is 10.1 Å². The van der Waals surface area contributed by atoms with Gasteiger partial charge in [-0.25, -0.2) is 15.2 Å². The third kappa shape index (κ3) is 3.90. The molecule has 2 unspecified atom stereocenters. The maximum atomic E-state index is 13.0. The number of nitrogens with one attached hydrogen (secondary N) is 3. The van der Waals surface area contributed by atoms with Crippen molar-refractivity contribution in [1.82, 2.24) is 10.9 Å². The van der Waals surface area contributed by atoms with E-state index < -0.39 is 0 Å². The van der Waals surface area contributed by atoms with Gasteiger partial charge < -0.3 is 10.1 Å². The summed E-state index contributed by atoms with van der Waals surface area (Å²) >= 11 is 0. The van der Waals surface area contributed by atoms with Crippen molar-refractivity contribution in [2.45, 2.75) is 25.4 Å². The minimum Gasteiger partial charge on any atom is -0.494 e. The molecule has 0 saturated carbocycles. The Labute approximate surface area is 140 Å². The van der Waals surface area contributed by atoms with Crippen LogP contribution in [0.3, 0.4) is 0 Å². The fourth-order valence-corrected chi connectivity index (χ4v) is 2.67. The molecule has 1 amide bonds. The van der Waals surface area contributed by atoms with E-state index in [9.17, 15) is 9.18 Å². The van der Waals surface area contributed by atoms with Crippen molar-refractivity contribution in [3.8, 4) is 5.75 Å². The Bertz CT molecular complexity index is 688. The number of amides is 1. The van der Waals surface area contributed by atoms with Gasteiger partial charge in [-0.3, -0.25) is 4.79 Å². The summed E-state index contributed by atoms with van der Waals surface area (Å²) in [5.74, 6) is 0.387. The number of benzene rings is 2. The molecule has 126 valence electrons. The Kier molecular flexibility index (Phi) is 5.08. The van der Waals surface area contributed by atoms with Gasteiger partial charge in [-0.1, -0.05) is 12.1 Å². The van der Waals surface area contributed by atoms with Gasteiger partial charge >= 0.3 is 0 Å². The lowest BCUT2D eigenvalue weighted by Crippen LogP contribution is -2.39. The summed E-state index contributed by atoms with van der Waals surface area (Å²) in [4.78, 5) is 12.4. The molecule has 0 spiro atoms. The number of hydrogen-bond donors (Lipinski definition) is 3. The van der Waals surface area contributed by atoms with E-state index in [2.05, 4.69) is 16.2 Å². The molecule has 3 N–H and O–H groups in total. The van der Waals surface area contributed by atoms with Crippen LogP contribution >= 0.6 is 0 Å². The third-order valence-corrected chi connectivity index (χ3v) is 3.92. The molecule has 24 heavy (non-hydrogen) atoms. The summed E-state index contributed by atoms with van der Waals surface area (Å²) in [5.41, 5.74) is 7.74. The van der Waals surface area contributed by atoms with Gasteiger partial charge in [0, 0.05) is 11.7 Å². The van der Waals surface area contributed by atoms with Gasteiger partial charge in [0.2, 0.25) is 5.91 Å². The zero-order valence-electron chi connectivity index (χ0n) is 13.4. The molecule has 2 atom stereocenters. The lowest BCUT2D eigenvalue weighted by molar-refractivity contribution is -0.117. The SMILES string of the molecule is CCOc1ccc(NC(=O)C2CC(c3ccc(F)cc3)NN2)cc1. The smallest absolute Gasteiger partial charge is 0.242 e. The molecule has 1 fully saturated rings. The second kappa shape index (κ2) is 7.42. The lowest BCUT2D eigenvalue weighted by atomic mass is 10.0. The molecule has 0 bridgehead atoms. The topological polar surface area (TPSA) is 62.4 Å². The normalized spacial score (nSPS) is 19.9. The van der Waals surface area contributed by atoms with Crippen molar-refractivity contribution in [2.75, 3.05) is 11.9 Å². The van der Waals surface area contributed by atoms with Gasteiger partial charge in [-0.15, -0.1) is 0 Å². The van der Waals surface area contributed by atoms with Gasteiger partial charge in [0.25, 0.3) is 0 Å². The van der Waals surface area contributed by atoms with Crippen LogP contribution in [0.2, 0.25) is 0 Å². The van der Waals surface area contributed by atoms with Crippen LogP contribution in [-0.4, -0.2) is 18.6 Å². The monoisotopic (exact) mass is 329 g/mol. The molecule has 1 aliphatic rings. The average molecular weight is 329 g/mol. The second-order valence-electron chi connectivity index (χ2n) is 5.63. The van der Waals surface area contributed by atoms with E-state index in [4.69, 9.17) is 4.74 Å². The van der Waals surface area contributed by atoms with E-state index >= 15 is 0 Å². The van der Waals surface area contributed by atoms with Crippen molar-refractivity contribution in [3.63, 3.8) is 0 Å². The molecular weight excluding hydrogens is 309 g/mol. The van der Waals surface area contributed by atoms with Crippen molar-refractivity contribution >= 4 is 11.6 Å². The maximum Gasteiger partial charge on any atom is 0.242 e. The highest BCUT2D eigenvalue weighted by Crippen LogP contribution is 2.23. The van der Waals surface area contributed by atoms with E-state index in [1.165, 1.54) is 12.1 Å². The summed E-state index contributed by atoms with van der Waals surface area (Å²) in [5, 5.41) is 2.88. The molecular formula is C18H20FN3O2. The first-order valence-corrected chi connectivity index (χ1v) is 7.96. The summed E-state index contributed by atoms with van der Waals surface area (Å²) in [7, 11) is 0. The highest BCUT2D eigenvalue weighted by Gasteiger charge is 2.30. The summed E-state index contributed by atoms with van der Waals surface area (Å²) < 4.78 is 18.4. The van der Waals surface area contributed by atoms with E-state index in [1.807, 2.05) is 31.2 Å². The van der Waals surface area contributed by atoms with Crippen LogP contribution in [0.15, 0.2) is 48.5 Å². The zero-order chi connectivity index (χ0) is 16.9. The van der Waals surface area contributed by atoms with E-state index in [0.29, 0.717) is 13.0 Å². The number of hydrazine groups is 1. The van der Waals surface area contributed by atoms with E-state index in [1.54, 1.807) is 12.1 Å². The van der Waals surface area contributed by atoms with Crippen molar-refractivity contribution in [1.29, 1.82) is 0 Å². The number of rotatable bonds is 5. The zero-order valence-corrected chi connectivity index (χ0v) is 13.4. The van der Waals surface area contributed by atoms with Crippen LogP contribution in [0.5, 0.6) is 5.75 Å². The van der Waals surface area contributed by atoms with E-state index in [-0.39, 0.29) is 23.8 Å². The van der Waals surface area contributed by atoms with Crippen LogP contribution in [0.1, 0.15) is 24.9 Å². The van der Waals surface area contributed by atoms with Gasteiger partial charge in [0.1, 0.15) is 17.6 Å². The standard InChI is InChI=1S/C18H20FN3O2/c1-2-24-15-9-7-14(8-10-15)20-18(23)17-11-16(21-22-17)12-3-5-13(19)6-4-12/h3-10,16-17,21-22H,2,11H2,1H3,(H,20,23). The number of halogens is 1. The Morgan fingerprint density at radius 3 is 2.54 bits per heavy atom. The van der Waals surface area contributed by atoms with Gasteiger partial charge in [0.15, 0.2) is 0 Å². The lowest BCUT2D eigenvalue weighted by Gasteiger charge is -2.11. The predicted octanol–water partition coefficient (Wildman–Crippen LogP) is 2.77. The molecule has 5 nitrogen and oxygen atoms in total. The first kappa shape index (κ1) is 16.4. The Balaban J connectivity index is 1.57. The quantitative estimate of drug-likeness (QED) is 0.789. The fraction of sp³-hybridized carbons (Fsp3) is 0.278. The van der Waals surface area contributed by atoms with Crippen molar-refractivity contribution in [2.24, 2.45) is 0 Å². The van der Waals surface area contributed by atoms with Gasteiger partial charge in [-0.2, -0.15) is 0 Å². The summed E-state index contributed by atoms with van der Waals surface area (Å²) in [6.07, 6.45) is 0.592. The summed E-state index contributed by atoms with van der Waals surface area (Å²) in [6, 6.07) is 13.2. The highest BCUT2D eigenvalue weighted by molar-refractivity contribution is 5.95. The van der Waals surface area contributed by atoms with Crippen LogP contribution in [0, 0.1) is 5.82 Å². The van der Waals surface area contributed by atoms with Crippen molar-refractivity contribution < 1.29 is 13.9 Å². The molecule has 1 heterocycles. The Morgan fingerprint density at radius 2 is 1.88 bits per heavy atom. The van der Waals surface area contributed by atoms with Crippen LogP contribution in [0.25, 0.3) is 0 Å². The maximum absolute atomic E-state index is 13.0.